The number of carbonyl (C=O) groups excluding carboxylic acids is 2. The number of aromatic nitrogens is 3. The van der Waals surface area contributed by atoms with Crippen molar-refractivity contribution in [1.29, 1.82) is 0 Å². The van der Waals surface area contributed by atoms with E-state index < -0.39 is 0 Å². The van der Waals surface area contributed by atoms with E-state index in [1.54, 1.807) is 35.8 Å². The van der Waals surface area contributed by atoms with Gasteiger partial charge in [-0.3, -0.25) is 0 Å². The molecule has 230 valence electrons. The lowest BCUT2D eigenvalue weighted by Crippen LogP contribution is -2.03. The van der Waals surface area contributed by atoms with Gasteiger partial charge < -0.3 is 9.47 Å². The van der Waals surface area contributed by atoms with Crippen molar-refractivity contribution in [3.63, 3.8) is 0 Å². The zero-order valence-corrected chi connectivity index (χ0v) is 27.2. The summed E-state index contributed by atoms with van der Waals surface area (Å²) < 4.78 is 11.9. The molecular weight excluding hydrogens is 603 g/mol. The summed E-state index contributed by atoms with van der Waals surface area (Å²) in [5.74, 6) is 1.75. The molecule has 0 atom stereocenters. The lowest BCUT2D eigenvalue weighted by Gasteiger charge is -2.09. The number of rotatable bonds is 13. The van der Waals surface area contributed by atoms with E-state index in [1.807, 2.05) is 64.8 Å². The Morgan fingerprint density at radius 1 is 0.711 bits per heavy atom. The molecule has 0 aliphatic heterocycles. The maximum Gasteiger partial charge on any atom is 0.338 e. The van der Waals surface area contributed by atoms with Gasteiger partial charge in [0.1, 0.15) is 5.82 Å². The van der Waals surface area contributed by atoms with Crippen LogP contribution in [0.2, 0.25) is 0 Å². The number of nitrogens with zero attached hydrogens (tertiary/aromatic N) is 3. The molecule has 1 aromatic heterocycles. The number of unbranched alkanes of at least 4 members (excludes halogenated alkanes) is 1. The molecule has 0 saturated carbocycles. The summed E-state index contributed by atoms with van der Waals surface area (Å²) in [6.45, 7) is 2.18. The summed E-state index contributed by atoms with van der Waals surface area (Å²) in [6, 6.07) is 31.4. The number of aryl methyl sites for hydroxylation is 1. The van der Waals surface area contributed by atoms with Gasteiger partial charge >= 0.3 is 11.9 Å². The van der Waals surface area contributed by atoms with Crippen LogP contribution in [0, 0.1) is 0 Å². The summed E-state index contributed by atoms with van der Waals surface area (Å²) in [7, 11) is 2.80. The standard InChI is InChI=1S/C36H35N3O4S2/c1-4-5-14-33-37-36(44-23-25-15-19-27(20-16-25)29-10-6-8-12-31(29)34(40)42-2)38-39(33)45-24-26-17-21-28(22-18-26)30-11-7-9-13-32(30)35(41)43-3/h6-13,15-22H,4-5,14,23-24H2,1-3H3. The smallest absolute Gasteiger partial charge is 0.338 e. The zero-order chi connectivity index (χ0) is 31.6. The lowest BCUT2D eigenvalue weighted by atomic mass is 9.99. The van der Waals surface area contributed by atoms with Gasteiger partial charge in [0, 0.05) is 17.9 Å². The number of esters is 2. The molecule has 0 amide bonds. The molecule has 7 nitrogen and oxygen atoms in total. The first-order valence-corrected chi connectivity index (χ1v) is 16.7. The van der Waals surface area contributed by atoms with Gasteiger partial charge in [-0.25, -0.2) is 14.6 Å². The number of ether oxygens (including phenoxy) is 2. The summed E-state index contributed by atoms with van der Waals surface area (Å²) >= 11 is 3.24. The minimum Gasteiger partial charge on any atom is -0.465 e. The number of hydrogen-bond acceptors (Lipinski definition) is 8. The monoisotopic (exact) mass is 637 g/mol. The van der Waals surface area contributed by atoms with Crippen LogP contribution >= 0.6 is 23.7 Å². The van der Waals surface area contributed by atoms with Crippen LogP contribution in [0.15, 0.2) is 102 Å². The van der Waals surface area contributed by atoms with Crippen molar-refractivity contribution in [2.75, 3.05) is 14.2 Å². The Morgan fingerprint density at radius 2 is 1.22 bits per heavy atom. The Labute approximate surface area is 272 Å². The molecule has 45 heavy (non-hydrogen) atoms. The molecule has 4 aromatic carbocycles. The lowest BCUT2D eigenvalue weighted by molar-refractivity contribution is 0.0592. The zero-order valence-electron chi connectivity index (χ0n) is 25.6. The molecule has 9 heteroatoms. The van der Waals surface area contributed by atoms with Crippen LogP contribution in [0.5, 0.6) is 0 Å². The molecule has 0 aliphatic rings. The van der Waals surface area contributed by atoms with Crippen LogP contribution in [0.25, 0.3) is 22.3 Å². The van der Waals surface area contributed by atoms with E-state index in [9.17, 15) is 9.59 Å². The molecular formula is C36H35N3O4S2. The first-order chi connectivity index (χ1) is 22.0. The molecule has 5 aromatic rings. The van der Waals surface area contributed by atoms with Gasteiger partial charge in [0.05, 0.1) is 25.3 Å². The Bertz CT molecular complexity index is 1750. The minimum absolute atomic E-state index is 0.344. The molecule has 5 rings (SSSR count). The SMILES string of the molecule is CCCCc1nc(SCc2ccc(-c3ccccc3C(=O)OC)cc2)nn1SCc1ccc(-c2ccccc2C(=O)OC)cc1. The van der Waals surface area contributed by atoms with Crippen LogP contribution in [0.3, 0.4) is 0 Å². The van der Waals surface area contributed by atoms with Crippen molar-refractivity contribution in [1.82, 2.24) is 14.2 Å². The van der Waals surface area contributed by atoms with E-state index in [2.05, 4.69) is 31.2 Å². The highest BCUT2D eigenvalue weighted by atomic mass is 32.2. The Hall–Kier alpha value is -4.34. The second-order valence-electron chi connectivity index (χ2n) is 10.3. The van der Waals surface area contributed by atoms with Crippen molar-refractivity contribution in [3.05, 3.63) is 125 Å². The molecule has 0 unspecified atom stereocenters. The van der Waals surface area contributed by atoms with Gasteiger partial charge in [-0.1, -0.05) is 110 Å². The van der Waals surface area contributed by atoms with Gasteiger partial charge in [0.25, 0.3) is 0 Å². The number of thioether (sulfide) groups is 1. The predicted octanol–water partition coefficient (Wildman–Crippen LogP) is 8.52. The van der Waals surface area contributed by atoms with Crippen LogP contribution in [-0.2, 0) is 27.4 Å². The number of carbonyl (C=O) groups is 2. The largest absolute Gasteiger partial charge is 0.465 e. The van der Waals surface area contributed by atoms with E-state index in [0.717, 1.165) is 75.1 Å². The highest BCUT2D eigenvalue weighted by molar-refractivity contribution is 7.98. The molecule has 0 bridgehead atoms. The molecule has 1 heterocycles. The summed E-state index contributed by atoms with van der Waals surface area (Å²) in [4.78, 5) is 29.3. The fourth-order valence-electron chi connectivity index (χ4n) is 4.85. The first-order valence-electron chi connectivity index (χ1n) is 14.8. The van der Waals surface area contributed by atoms with Gasteiger partial charge in [-0.2, -0.15) is 4.09 Å². The predicted molar refractivity (Wildman–Crippen MR) is 181 cm³/mol. The Balaban J connectivity index is 1.24. The van der Waals surface area contributed by atoms with Crippen LogP contribution in [0.1, 0.15) is 57.4 Å². The maximum absolute atomic E-state index is 12.2. The molecule has 0 radical (unpaired) electrons. The highest BCUT2D eigenvalue weighted by Crippen LogP contribution is 2.29. The summed E-state index contributed by atoms with van der Waals surface area (Å²) in [6.07, 6.45) is 3.00. The van der Waals surface area contributed by atoms with E-state index >= 15 is 0 Å². The second-order valence-corrected chi connectivity index (χ2v) is 12.2. The second kappa shape index (κ2) is 15.6. The number of hydrogen-bond donors (Lipinski definition) is 0. The van der Waals surface area contributed by atoms with Crippen LogP contribution in [-0.4, -0.2) is 40.3 Å². The normalized spacial score (nSPS) is 10.9. The van der Waals surface area contributed by atoms with E-state index in [-0.39, 0.29) is 11.9 Å². The molecule has 0 aliphatic carbocycles. The average Bonchev–Trinajstić information content (AvgIpc) is 3.50. The third-order valence-corrected chi connectivity index (χ3v) is 9.20. The molecule has 0 N–H and O–H groups in total. The third-order valence-electron chi connectivity index (χ3n) is 7.29. The fraction of sp³-hybridized carbons (Fsp3) is 0.222. The van der Waals surface area contributed by atoms with Gasteiger partial charge in [-0.15, -0.1) is 5.10 Å². The summed E-state index contributed by atoms with van der Waals surface area (Å²) in [5.41, 5.74) is 7.03. The van der Waals surface area contributed by atoms with Crippen LogP contribution < -0.4 is 0 Å². The van der Waals surface area contributed by atoms with Crippen molar-refractivity contribution in [3.8, 4) is 22.3 Å². The topological polar surface area (TPSA) is 83.3 Å². The number of benzene rings is 4. The average molecular weight is 638 g/mol. The molecule has 0 fully saturated rings. The fourth-order valence-corrected chi connectivity index (χ4v) is 6.58. The van der Waals surface area contributed by atoms with Crippen molar-refractivity contribution < 1.29 is 19.1 Å². The van der Waals surface area contributed by atoms with Gasteiger partial charge in [0.2, 0.25) is 5.16 Å². The maximum atomic E-state index is 12.2. The van der Waals surface area contributed by atoms with Gasteiger partial charge in [-0.05, 0) is 63.9 Å². The quantitative estimate of drug-likeness (QED) is 0.0939. The Morgan fingerprint density at radius 3 is 1.73 bits per heavy atom. The number of methoxy groups -OCH3 is 2. The first kappa shape index (κ1) is 32.1. The van der Waals surface area contributed by atoms with Crippen LogP contribution in [0.4, 0.5) is 0 Å². The van der Waals surface area contributed by atoms with Crippen molar-refractivity contribution in [2.24, 2.45) is 0 Å². The summed E-state index contributed by atoms with van der Waals surface area (Å²) in [5, 5.41) is 5.59. The molecule has 0 saturated heterocycles. The van der Waals surface area contributed by atoms with Crippen molar-refractivity contribution in [2.45, 2.75) is 42.8 Å². The third kappa shape index (κ3) is 8.04. The highest BCUT2D eigenvalue weighted by Gasteiger charge is 2.15. The van der Waals surface area contributed by atoms with E-state index in [0.29, 0.717) is 11.1 Å². The van der Waals surface area contributed by atoms with Crippen molar-refractivity contribution >= 4 is 35.6 Å². The molecule has 0 spiro atoms. The van der Waals surface area contributed by atoms with E-state index in [1.165, 1.54) is 14.2 Å². The van der Waals surface area contributed by atoms with Gasteiger partial charge in [0.15, 0.2) is 0 Å². The van der Waals surface area contributed by atoms with E-state index in [4.69, 9.17) is 19.6 Å². The Kier molecular flexibility index (Phi) is 11.1. The minimum atomic E-state index is -0.345.